The van der Waals surface area contributed by atoms with Crippen molar-refractivity contribution in [1.29, 1.82) is 0 Å². The molecular weight excluding hydrogens is 480 g/mol. The van der Waals surface area contributed by atoms with Crippen molar-refractivity contribution < 1.29 is 14.4 Å². The molecule has 5 rings (SSSR count). The average molecular weight is 519 g/mol. The Morgan fingerprint density at radius 3 is 2.42 bits per heavy atom. The van der Waals surface area contributed by atoms with E-state index in [-0.39, 0.29) is 30.4 Å². The lowest BCUT2D eigenvalue weighted by molar-refractivity contribution is -0.137. The van der Waals surface area contributed by atoms with E-state index in [4.69, 9.17) is 0 Å². The number of carbonyl (C=O) groups excluding carboxylic acids is 3. The van der Waals surface area contributed by atoms with Crippen LogP contribution in [0.1, 0.15) is 50.6 Å². The molecule has 2 aliphatic heterocycles. The summed E-state index contributed by atoms with van der Waals surface area (Å²) in [7, 11) is 0. The number of piperidine rings is 1. The highest BCUT2D eigenvalue weighted by Crippen LogP contribution is 2.39. The van der Waals surface area contributed by atoms with Crippen LogP contribution in [0.5, 0.6) is 0 Å². The number of nitrogens with zero attached hydrogens (tertiary/aromatic N) is 4. The standard InChI is InChI=1S/C29H38N6O3/c36-26(31-18-14-23-9-7-8-17-30-23)21-34-22-35(25-12-5-2-6-13-25)29(27(34)37)15-19-33(20-16-29)28(38)32-24-10-3-1-4-11-24/h2,5-9,12-13,17,24H,1,3-4,10-11,14-16,18-22H2,(H,31,36)(H,32,38). The molecule has 0 atom stereocenters. The van der Waals surface area contributed by atoms with Crippen molar-refractivity contribution in [2.45, 2.75) is 62.9 Å². The number of anilines is 1. The third-order valence-corrected chi connectivity index (χ3v) is 8.16. The first-order chi connectivity index (χ1) is 18.5. The fraction of sp³-hybridized carbons (Fsp3) is 0.517. The van der Waals surface area contributed by atoms with Crippen LogP contribution in [0.3, 0.4) is 0 Å². The van der Waals surface area contributed by atoms with Crippen LogP contribution in [-0.4, -0.2) is 77.1 Å². The number of benzene rings is 1. The number of urea groups is 1. The van der Waals surface area contributed by atoms with Crippen LogP contribution in [0.2, 0.25) is 0 Å². The number of rotatable bonds is 7. The Balaban J connectivity index is 1.22. The third kappa shape index (κ3) is 5.76. The number of carbonyl (C=O) groups is 3. The Morgan fingerprint density at radius 2 is 1.71 bits per heavy atom. The molecule has 3 fully saturated rings. The highest BCUT2D eigenvalue weighted by Gasteiger charge is 2.54. The summed E-state index contributed by atoms with van der Waals surface area (Å²) in [4.78, 5) is 49.5. The number of hydrogen-bond donors (Lipinski definition) is 2. The highest BCUT2D eigenvalue weighted by atomic mass is 16.2. The van der Waals surface area contributed by atoms with Crippen molar-refractivity contribution in [1.82, 2.24) is 25.4 Å². The minimum absolute atomic E-state index is 0.0119. The van der Waals surface area contributed by atoms with E-state index in [0.29, 0.717) is 45.6 Å². The molecule has 0 bridgehead atoms. The second-order valence-corrected chi connectivity index (χ2v) is 10.6. The van der Waals surface area contributed by atoms with E-state index in [1.54, 1.807) is 11.1 Å². The van der Waals surface area contributed by atoms with Gasteiger partial charge in [0.05, 0.1) is 6.67 Å². The topological polar surface area (TPSA) is 97.9 Å². The molecule has 202 valence electrons. The van der Waals surface area contributed by atoms with Crippen molar-refractivity contribution in [2.24, 2.45) is 0 Å². The van der Waals surface area contributed by atoms with E-state index < -0.39 is 5.54 Å². The second kappa shape index (κ2) is 11.8. The number of hydrogen-bond acceptors (Lipinski definition) is 5. The molecule has 2 N–H and O–H groups in total. The minimum atomic E-state index is -0.753. The zero-order chi connectivity index (χ0) is 26.4. The van der Waals surface area contributed by atoms with Crippen LogP contribution in [0.25, 0.3) is 0 Å². The molecule has 1 aromatic carbocycles. The van der Waals surface area contributed by atoms with Crippen LogP contribution in [-0.2, 0) is 16.0 Å². The van der Waals surface area contributed by atoms with Crippen LogP contribution in [0.4, 0.5) is 10.5 Å². The van der Waals surface area contributed by atoms with Gasteiger partial charge in [0.2, 0.25) is 5.91 Å². The summed E-state index contributed by atoms with van der Waals surface area (Å²) in [6, 6.07) is 15.9. The maximum absolute atomic E-state index is 13.9. The van der Waals surface area contributed by atoms with Crippen molar-refractivity contribution in [3.63, 3.8) is 0 Å². The molecule has 1 aromatic heterocycles. The smallest absolute Gasteiger partial charge is 0.317 e. The van der Waals surface area contributed by atoms with Crippen molar-refractivity contribution >= 4 is 23.5 Å². The molecule has 38 heavy (non-hydrogen) atoms. The van der Waals surface area contributed by atoms with Gasteiger partial charge in [0, 0.05) is 49.7 Å². The molecule has 9 nitrogen and oxygen atoms in total. The monoisotopic (exact) mass is 518 g/mol. The number of amides is 4. The Labute approximate surface area is 224 Å². The summed E-state index contributed by atoms with van der Waals surface area (Å²) >= 11 is 0. The molecule has 1 aliphatic carbocycles. The molecule has 4 amide bonds. The van der Waals surface area contributed by atoms with Gasteiger partial charge in [-0.25, -0.2) is 4.79 Å². The van der Waals surface area contributed by atoms with Crippen LogP contribution >= 0.6 is 0 Å². The van der Waals surface area contributed by atoms with Gasteiger partial charge < -0.3 is 25.3 Å². The predicted octanol–water partition coefficient (Wildman–Crippen LogP) is 2.92. The van der Waals surface area contributed by atoms with Gasteiger partial charge in [-0.1, -0.05) is 43.5 Å². The Morgan fingerprint density at radius 1 is 0.974 bits per heavy atom. The Hall–Kier alpha value is -3.62. The SMILES string of the molecule is O=C(CN1CN(c2ccccc2)C2(CCN(C(=O)NC3CCCCC3)CC2)C1=O)NCCc1ccccn1. The van der Waals surface area contributed by atoms with E-state index in [0.717, 1.165) is 24.2 Å². The number of pyridine rings is 1. The number of aromatic nitrogens is 1. The molecule has 1 spiro atoms. The van der Waals surface area contributed by atoms with Gasteiger partial charge in [-0.05, 0) is 49.9 Å². The fourth-order valence-corrected chi connectivity index (χ4v) is 6.02. The first kappa shape index (κ1) is 26.0. The quantitative estimate of drug-likeness (QED) is 0.588. The number of likely N-dealkylation sites (tertiary alicyclic amines) is 1. The van der Waals surface area contributed by atoms with Gasteiger partial charge in [0.15, 0.2) is 0 Å². The summed E-state index contributed by atoms with van der Waals surface area (Å²) in [6.07, 6.45) is 9.12. The molecule has 9 heteroatoms. The number of para-hydroxylation sites is 1. The maximum atomic E-state index is 13.9. The van der Waals surface area contributed by atoms with E-state index in [2.05, 4.69) is 20.5 Å². The van der Waals surface area contributed by atoms with Gasteiger partial charge in [-0.2, -0.15) is 0 Å². The third-order valence-electron chi connectivity index (χ3n) is 8.16. The normalized spacial score (nSPS) is 19.6. The van der Waals surface area contributed by atoms with Gasteiger partial charge >= 0.3 is 6.03 Å². The summed E-state index contributed by atoms with van der Waals surface area (Å²) in [5, 5.41) is 6.14. The van der Waals surface area contributed by atoms with Crippen LogP contribution < -0.4 is 15.5 Å². The zero-order valence-corrected chi connectivity index (χ0v) is 22.0. The van der Waals surface area contributed by atoms with Crippen LogP contribution in [0.15, 0.2) is 54.7 Å². The minimum Gasteiger partial charge on any atom is -0.354 e. The van der Waals surface area contributed by atoms with E-state index >= 15 is 0 Å². The molecule has 1 saturated carbocycles. The Bertz CT molecular complexity index is 1100. The van der Waals surface area contributed by atoms with Crippen molar-refractivity contribution in [2.75, 3.05) is 37.7 Å². The first-order valence-corrected chi connectivity index (χ1v) is 13.9. The molecule has 3 aliphatic rings. The molecule has 0 unspecified atom stereocenters. The lowest BCUT2D eigenvalue weighted by Gasteiger charge is -2.43. The first-order valence-electron chi connectivity index (χ1n) is 13.9. The predicted molar refractivity (Wildman–Crippen MR) is 145 cm³/mol. The highest BCUT2D eigenvalue weighted by molar-refractivity contribution is 5.96. The molecule has 2 aromatic rings. The summed E-state index contributed by atoms with van der Waals surface area (Å²) in [6.45, 7) is 1.86. The lowest BCUT2D eigenvalue weighted by Crippen LogP contribution is -2.59. The zero-order valence-electron chi connectivity index (χ0n) is 22.0. The van der Waals surface area contributed by atoms with Gasteiger partial charge in [0.25, 0.3) is 5.91 Å². The van der Waals surface area contributed by atoms with Gasteiger partial charge in [-0.15, -0.1) is 0 Å². The molecular formula is C29H38N6O3. The largest absolute Gasteiger partial charge is 0.354 e. The summed E-state index contributed by atoms with van der Waals surface area (Å²) < 4.78 is 0. The summed E-state index contributed by atoms with van der Waals surface area (Å²) in [5.41, 5.74) is 1.12. The van der Waals surface area contributed by atoms with E-state index in [9.17, 15) is 14.4 Å². The summed E-state index contributed by atoms with van der Waals surface area (Å²) in [5.74, 6) is -0.211. The van der Waals surface area contributed by atoms with E-state index in [1.807, 2.05) is 53.4 Å². The van der Waals surface area contributed by atoms with Crippen molar-refractivity contribution in [3.8, 4) is 0 Å². The van der Waals surface area contributed by atoms with Crippen LogP contribution in [0, 0.1) is 0 Å². The molecule has 2 saturated heterocycles. The fourth-order valence-electron chi connectivity index (χ4n) is 6.02. The number of nitrogens with one attached hydrogen (secondary N) is 2. The van der Waals surface area contributed by atoms with Gasteiger partial charge in [0.1, 0.15) is 12.1 Å². The molecule has 3 heterocycles. The van der Waals surface area contributed by atoms with Crippen molar-refractivity contribution in [3.05, 3.63) is 60.4 Å². The van der Waals surface area contributed by atoms with E-state index in [1.165, 1.54) is 19.3 Å². The second-order valence-electron chi connectivity index (χ2n) is 10.6. The Kier molecular flexibility index (Phi) is 8.10. The maximum Gasteiger partial charge on any atom is 0.317 e. The average Bonchev–Trinajstić information content (AvgIpc) is 3.21. The lowest BCUT2D eigenvalue weighted by atomic mass is 9.85. The van der Waals surface area contributed by atoms with Gasteiger partial charge in [-0.3, -0.25) is 14.6 Å². The molecule has 0 radical (unpaired) electrons.